The fourth-order valence-electron chi connectivity index (χ4n) is 3.96. The van der Waals surface area contributed by atoms with E-state index in [0.29, 0.717) is 13.0 Å². The Morgan fingerprint density at radius 2 is 1.72 bits per heavy atom. The van der Waals surface area contributed by atoms with Crippen LogP contribution in [0.15, 0.2) is 60.7 Å². The Morgan fingerprint density at radius 1 is 0.966 bits per heavy atom. The molecule has 0 aliphatic carbocycles. The first-order valence-electron chi connectivity index (χ1n) is 10.5. The molecule has 29 heavy (non-hydrogen) atoms. The van der Waals surface area contributed by atoms with Crippen molar-refractivity contribution in [2.45, 2.75) is 19.4 Å². The lowest BCUT2D eigenvalue weighted by molar-refractivity contribution is -0.121. The first-order valence-corrected chi connectivity index (χ1v) is 10.5. The summed E-state index contributed by atoms with van der Waals surface area (Å²) in [7, 11) is 0. The van der Waals surface area contributed by atoms with Gasteiger partial charge in [-0.2, -0.15) is 0 Å². The van der Waals surface area contributed by atoms with Crippen molar-refractivity contribution in [2.75, 3.05) is 39.4 Å². The van der Waals surface area contributed by atoms with Crippen molar-refractivity contribution in [1.82, 2.24) is 14.8 Å². The number of rotatable bonds is 8. The number of para-hydroxylation sites is 1. The van der Waals surface area contributed by atoms with E-state index in [1.54, 1.807) is 0 Å². The number of carbonyl (C=O) groups excluding carboxylic acids is 1. The monoisotopic (exact) mass is 391 g/mol. The van der Waals surface area contributed by atoms with E-state index < -0.39 is 0 Å². The predicted molar refractivity (Wildman–Crippen MR) is 117 cm³/mol. The molecule has 1 aliphatic rings. The Morgan fingerprint density at radius 3 is 2.55 bits per heavy atom. The Bertz CT molecular complexity index is 930. The minimum absolute atomic E-state index is 0.115. The number of ether oxygens (including phenoxy) is 1. The van der Waals surface area contributed by atoms with Crippen molar-refractivity contribution >= 4 is 16.8 Å². The Labute approximate surface area is 172 Å². The number of aryl methyl sites for hydroxylation is 1. The first kappa shape index (κ1) is 19.7. The second-order valence-electron chi connectivity index (χ2n) is 7.51. The summed E-state index contributed by atoms with van der Waals surface area (Å²) in [5.74, 6) is 0.115. The van der Waals surface area contributed by atoms with E-state index in [0.717, 1.165) is 51.5 Å². The summed E-state index contributed by atoms with van der Waals surface area (Å²) in [6, 6.07) is 21.0. The number of nitrogens with one attached hydrogen (secondary N) is 1. The Hall–Kier alpha value is -2.63. The molecule has 0 spiro atoms. The first-order chi connectivity index (χ1) is 14.3. The standard InChI is InChI=1S/C24H29N3O2/c28-24(25-12-6-13-26-15-17-29-18-16-26)11-14-27-22-10-5-4-9-21(22)19-23(27)20-7-2-1-3-8-20/h1-5,7-10,19H,6,11-18H2,(H,25,28). The van der Waals surface area contributed by atoms with Gasteiger partial charge in [-0.25, -0.2) is 0 Å². The summed E-state index contributed by atoms with van der Waals surface area (Å²) in [6.07, 6.45) is 1.46. The van der Waals surface area contributed by atoms with E-state index in [1.165, 1.54) is 16.5 Å². The van der Waals surface area contributed by atoms with Crippen LogP contribution < -0.4 is 5.32 Å². The quantitative estimate of drug-likeness (QED) is 0.598. The second-order valence-corrected chi connectivity index (χ2v) is 7.51. The van der Waals surface area contributed by atoms with E-state index in [2.05, 4.69) is 69.4 Å². The predicted octanol–water partition coefficient (Wildman–Crippen LogP) is 3.54. The van der Waals surface area contributed by atoms with Gasteiger partial charge in [-0.3, -0.25) is 9.69 Å². The van der Waals surface area contributed by atoms with Gasteiger partial charge < -0.3 is 14.6 Å². The van der Waals surface area contributed by atoms with Gasteiger partial charge in [0.25, 0.3) is 0 Å². The SMILES string of the molecule is O=C(CCn1c(-c2ccccc2)cc2ccccc21)NCCCN1CCOCC1. The molecule has 0 unspecified atom stereocenters. The molecule has 5 heteroatoms. The molecule has 0 saturated carbocycles. The van der Waals surface area contributed by atoms with Gasteiger partial charge in [0, 0.05) is 49.2 Å². The maximum Gasteiger partial charge on any atom is 0.221 e. The molecule has 152 valence electrons. The van der Waals surface area contributed by atoms with E-state index in [9.17, 15) is 4.79 Å². The zero-order valence-corrected chi connectivity index (χ0v) is 16.8. The van der Waals surface area contributed by atoms with Crippen molar-refractivity contribution in [1.29, 1.82) is 0 Å². The molecule has 0 atom stereocenters. The molecule has 1 saturated heterocycles. The Balaban J connectivity index is 1.34. The summed E-state index contributed by atoms with van der Waals surface area (Å²) in [6.45, 7) is 6.06. The summed E-state index contributed by atoms with van der Waals surface area (Å²) in [4.78, 5) is 14.8. The Kier molecular flexibility index (Phi) is 6.60. The number of hydrogen-bond donors (Lipinski definition) is 1. The maximum atomic E-state index is 12.4. The normalized spacial score (nSPS) is 14.9. The number of morpholine rings is 1. The molecule has 4 rings (SSSR count). The number of aromatic nitrogens is 1. The van der Waals surface area contributed by atoms with Gasteiger partial charge in [0.1, 0.15) is 0 Å². The highest BCUT2D eigenvalue weighted by molar-refractivity contribution is 5.87. The molecule has 1 aromatic heterocycles. The van der Waals surface area contributed by atoms with Crippen molar-refractivity contribution in [3.05, 3.63) is 60.7 Å². The molecular formula is C24H29N3O2. The molecule has 0 bridgehead atoms. The van der Waals surface area contributed by atoms with Gasteiger partial charge in [-0.05, 0) is 30.7 Å². The maximum absolute atomic E-state index is 12.4. The van der Waals surface area contributed by atoms with E-state index in [4.69, 9.17) is 4.74 Å². The average Bonchev–Trinajstić information content (AvgIpc) is 3.15. The van der Waals surface area contributed by atoms with Gasteiger partial charge in [0.15, 0.2) is 0 Å². The average molecular weight is 392 g/mol. The smallest absolute Gasteiger partial charge is 0.221 e. The lowest BCUT2D eigenvalue weighted by Gasteiger charge is -2.26. The third-order valence-electron chi connectivity index (χ3n) is 5.52. The lowest BCUT2D eigenvalue weighted by Crippen LogP contribution is -2.38. The highest BCUT2D eigenvalue weighted by atomic mass is 16.5. The number of amides is 1. The molecule has 0 radical (unpaired) electrons. The topological polar surface area (TPSA) is 46.5 Å². The number of hydrogen-bond acceptors (Lipinski definition) is 3. The molecule has 1 aliphatic heterocycles. The van der Waals surface area contributed by atoms with Gasteiger partial charge in [-0.1, -0.05) is 48.5 Å². The van der Waals surface area contributed by atoms with Crippen LogP contribution >= 0.6 is 0 Å². The summed E-state index contributed by atoms with van der Waals surface area (Å²) < 4.78 is 7.63. The number of carbonyl (C=O) groups is 1. The van der Waals surface area contributed by atoms with Crippen molar-refractivity contribution < 1.29 is 9.53 Å². The van der Waals surface area contributed by atoms with Crippen LogP contribution in [-0.2, 0) is 16.1 Å². The van der Waals surface area contributed by atoms with Crippen LogP contribution in [0.4, 0.5) is 0 Å². The van der Waals surface area contributed by atoms with Gasteiger partial charge in [0.2, 0.25) is 5.91 Å². The zero-order chi connectivity index (χ0) is 19.9. The molecule has 1 N–H and O–H groups in total. The lowest BCUT2D eigenvalue weighted by atomic mass is 10.1. The highest BCUT2D eigenvalue weighted by Gasteiger charge is 2.12. The van der Waals surface area contributed by atoms with Crippen LogP contribution in [0.2, 0.25) is 0 Å². The van der Waals surface area contributed by atoms with Crippen molar-refractivity contribution in [2.24, 2.45) is 0 Å². The van der Waals surface area contributed by atoms with Crippen molar-refractivity contribution in [3.63, 3.8) is 0 Å². The van der Waals surface area contributed by atoms with Gasteiger partial charge in [-0.15, -0.1) is 0 Å². The molecule has 1 fully saturated rings. The number of benzene rings is 2. The van der Waals surface area contributed by atoms with Crippen LogP contribution in [0.5, 0.6) is 0 Å². The molecule has 2 aromatic carbocycles. The second kappa shape index (κ2) is 9.72. The van der Waals surface area contributed by atoms with E-state index in [-0.39, 0.29) is 5.91 Å². The zero-order valence-electron chi connectivity index (χ0n) is 16.8. The van der Waals surface area contributed by atoms with Gasteiger partial charge >= 0.3 is 0 Å². The van der Waals surface area contributed by atoms with Crippen LogP contribution in [0.1, 0.15) is 12.8 Å². The number of fused-ring (bicyclic) bond motifs is 1. The molecule has 2 heterocycles. The fourth-order valence-corrected chi connectivity index (χ4v) is 3.96. The van der Waals surface area contributed by atoms with Crippen molar-refractivity contribution in [3.8, 4) is 11.3 Å². The third-order valence-corrected chi connectivity index (χ3v) is 5.52. The third kappa shape index (κ3) is 5.05. The molecule has 5 nitrogen and oxygen atoms in total. The van der Waals surface area contributed by atoms with Crippen LogP contribution in [0.3, 0.4) is 0 Å². The molecule has 1 amide bonds. The summed E-state index contributed by atoms with van der Waals surface area (Å²) in [5, 5.41) is 4.29. The van der Waals surface area contributed by atoms with Crippen LogP contribution in [-0.4, -0.2) is 54.8 Å². The minimum atomic E-state index is 0.115. The molecular weight excluding hydrogens is 362 g/mol. The summed E-state index contributed by atoms with van der Waals surface area (Å²) >= 11 is 0. The summed E-state index contributed by atoms with van der Waals surface area (Å²) in [5.41, 5.74) is 3.51. The van der Waals surface area contributed by atoms with Crippen LogP contribution in [0.25, 0.3) is 22.2 Å². The van der Waals surface area contributed by atoms with E-state index in [1.807, 2.05) is 6.07 Å². The molecule has 3 aromatic rings. The minimum Gasteiger partial charge on any atom is -0.379 e. The van der Waals surface area contributed by atoms with Crippen LogP contribution in [0, 0.1) is 0 Å². The largest absolute Gasteiger partial charge is 0.379 e. The highest BCUT2D eigenvalue weighted by Crippen LogP contribution is 2.28. The van der Waals surface area contributed by atoms with Gasteiger partial charge in [0.05, 0.1) is 13.2 Å². The number of nitrogens with zero attached hydrogens (tertiary/aromatic N) is 2. The fraction of sp³-hybridized carbons (Fsp3) is 0.375. The van der Waals surface area contributed by atoms with E-state index >= 15 is 0 Å².